The van der Waals surface area contributed by atoms with E-state index in [1.165, 1.54) is 0 Å². The summed E-state index contributed by atoms with van der Waals surface area (Å²) >= 11 is 0. The minimum Gasteiger partial charge on any atom is -0.382 e. The molecule has 0 bridgehead atoms. The first kappa shape index (κ1) is 24.4. The highest BCUT2D eigenvalue weighted by atomic mass is 16.2. The van der Waals surface area contributed by atoms with E-state index in [0.717, 1.165) is 29.7 Å². The van der Waals surface area contributed by atoms with E-state index in [4.69, 9.17) is 10.7 Å². The van der Waals surface area contributed by atoms with Gasteiger partial charge in [-0.3, -0.25) is 14.0 Å². The van der Waals surface area contributed by atoms with Gasteiger partial charge >= 0.3 is 0 Å². The molecule has 190 valence electrons. The molecule has 1 fully saturated rings. The predicted octanol–water partition coefficient (Wildman–Crippen LogP) is 4.38. The van der Waals surface area contributed by atoms with E-state index < -0.39 is 0 Å². The standard InChI is InChI=1S/C28H31N7O2/c1-17(2)28(37)35-16-21(8-7-18(35)3)26-33-23(24-25(29)31-14-15-34(24)26)19-9-11-20(12-10-19)27(36)32-22-6-4-5-13-30-22/h4-6,9-15,17-18,21H,7-8,16H2,1-3H3,(H2,29,31)(H,30,32,36)/t18-,21+/m1/s1. The molecule has 3 aromatic heterocycles. The Hall–Kier alpha value is -4.27. The summed E-state index contributed by atoms with van der Waals surface area (Å²) in [5.41, 5.74) is 9.10. The van der Waals surface area contributed by atoms with Gasteiger partial charge in [0.1, 0.15) is 28.7 Å². The highest BCUT2D eigenvalue weighted by Gasteiger charge is 2.33. The molecule has 5 rings (SSSR count). The Kier molecular flexibility index (Phi) is 6.60. The number of hydrogen-bond acceptors (Lipinski definition) is 6. The average Bonchev–Trinajstić information content (AvgIpc) is 3.30. The summed E-state index contributed by atoms with van der Waals surface area (Å²) in [5, 5.41) is 2.80. The van der Waals surface area contributed by atoms with Crippen LogP contribution in [0.15, 0.2) is 61.1 Å². The second kappa shape index (κ2) is 10.0. The molecule has 1 saturated heterocycles. The molecule has 2 atom stereocenters. The number of hydrogen-bond donors (Lipinski definition) is 2. The normalized spacial score (nSPS) is 17.8. The number of benzene rings is 1. The van der Waals surface area contributed by atoms with Crippen molar-refractivity contribution >= 4 is 29.0 Å². The quantitative estimate of drug-likeness (QED) is 0.423. The largest absolute Gasteiger partial charge is 0.382 e. The van der Waals surface area contributed by atoms with E-state index in [9.17, 15) is 9.59 Å². The fourth-order valence-electron chi connectivity index (χ4n) is 4.94. The predicted molar refractivity (Wildman–Crippen MR) is 143 cm³/mol. The van der Waals surface area contributed by atoms with E-state index in [1.807, 2.05) is 47.5 Å². The SMILES string of the molecule is CC(C)C(=O)N1C[C@@H](c2nc(-c3ccc(C(=O)Nc4ccccn4)cc3)c3c(N)nccn23)CC[C@H]1C. The van der Waals surface area contributed by atoms with Crippen LogP contribution in [0.2, 0.25) is 0 Å². The van der Waals surface area contributed by atoms with E-state index in [2.05, 4.69) is 22.2 Å². The van der Waals surface area contributed by atoms with Crippen molar-refractivity contribution in [2.45, 2.75) is 45.6 Å². The first-order chi connectivity index (χ1) is 17.8. The van der Waals surface area contributed by atoms with Crippen LogP contribution in [0.25, 0.3) is 16.8 Å². The molecule has 4 aromatic rings. The molecule has 0 aliphatic carbocycles. The minimum absolute atomic E-state index is 0.0537. The Morgan fingerprint density at radius 2 is 1.84 bits per heavy atom. The van der Waals surface area contributed by atoms with Gasteiger partial charge in [0.05, 0.1) is 0 Å². The van der Waals surface area contributed by atoms with Crippen molar-refractivity contribution in [1.82, 2.24) is 24.3 Å². The third-order valence-corrected chi connectivity index (χ3v) is 6.96. The van der Waals surface area contributed by atoms with Gasteiger partial charge in [0.25, 0.3) is 5.91 Å². The molecular formula is C28H31N7O2. The number of imidazole rings is 1. The molecule has 2 amide bonds. The molecule has 1 aromatic carbocycles. The number of nitrogen functional groups attached to an aromatic ring is 1. The van der Waals surface area contributed by atoms with E-state index in [-0.39, 0.29) is 29.7 Å². The van der Waals surface area contributed by atoms with Gasteiger partial charge in [-0.15, -0.1) is 0 Å². The van der Waals surface area contributed by atoms with E-state index in [0.29, 0.717) is 29.4 Å². The van der Waals surface area contributed by atoms with Crippen molar-refractivity contribution in [3.05, 3.63) is 72.4 Å². The van der Waals surface area contributed by atoms with Gasteiger partial charge in [0, 0.05) is 54.1 Å². The minimum atomic E-state index is -0.243. The molecule has 0 radical (unpaired) electrons. The van der Waals surface area contributed by atoms with Crippen molar-refractivity contribution in [1.29, 1.82) is 0 Å². The molecule has 1 aliphatic rings. The Labute approximate surface area is 215 Å². The molecule has 4 heterocycles. The van der Waals surface area contributed by atoms with Crippen molar-refractivity contribution < 1.29 is 9.59 Å². The number of fused-ring (bicyclic) bond motifs is 1. The summed E-state index contributed by atoms with van der Waals surface area (Å²) in [5.74, 6) is 1.68. The fourth-order valence-corrected chi connectivity index (χ4v) is 4.94. The topological polar surface area (TPSA) is 119 Å². The van der Waals surface area contributed by atoms with Gasteiger partial charge in [-0.1, -0.05) is 32.0 Å². The number of amides is 2. The lowest BCUT2D eigenvalue weighted by Gasteiger charge is -2.38. The van der Waals surface area contributed by atoms with Crippen LogP contribution >= 0.6 is 0 Å². The molecular weight excluding hydrogens is 466 g/mol. The van der Waals surface area contributed by atoms with Gasteiger partial charge in [-0.05, 0) is 44.0 Å². The first-order valence-electron chi connectivity index (χ1n) is 12.6. The van der Waals surface area contributed by atoms with Crippen LogP contribution in [0.1, 0.15) is 55.7 Å². The second-order valence-electron chi connectivity index (χ2n) is 9.86. The molecule has 37 heavy (non-hydrogen) atoms. The van der Waals surface area contributed by atoms with Crippen molar-refractivity contribution in [2.75, 3.05) is 17.6 Å². The fraction of sp³-hybridized carbons (Fsp3) is 0.321. The van der Waals surface area contributed by atoms with Crippen molar-refractivity contribution in [3.63, 3.8) is 0 Å². The summed E-state index contributed by atoms with van der Waals surface area (Å²) in [6.45, 7) is 6.60. The van der Waals surface area contributed by atoms with Crippen molar-refractivity contribution in [2.24, 2.45) is 5.92 Å². The van der Waals surface area contributed by atoms with E-state index in [1.54, 1.807) is 36.7 Å². The highest BCUT2D eigenvalue weighted by Crippen LogP contribution is 2.35. The lowest BCUT2D eigenvalue weighted by atomic mass is 9.91. The Balaban J connectivity index is 1.47. The van der Waals surface area contributed by atoms with Gasteiger partial charge in [0.2, 0.25) is 5.91 Å². The summed E-state index contributed by atoms with van der Waals surface area (Å²) in [6.07, 6.45) is 7.01. The van der Waals surface area contributed by atoms with Crippen LogP contribution in [0.3, 0.4) is 0 Å². The summed E-state index contributed by atoms with van der Waals surface area (Å²) < 4.78 is 2.00. The van der Waals surface area contributed by atoms with Gasteiger partial charge < -0.3 is 16.0 Å². The summed E-state index contributed by atoms with van der Waals surface area (Å²) in [4.78, 5) is 41.0. The van der Waals surface area contributed by atoms with Crippen LogP contribution in [0.4, 0.5) is 11.6 Å². The number of nitrogens with two attached hydrogens (primary N) is 1. The first-order valence-corrected chi connectivity index (χ1v) is 12.6. The van der Waals surface area contributed by atoms with Crippen LogP contribution in [-0.4, -0.2) is 48.7 Å². The number of carbonyl (C=O) groups excluding carboxylic acids is 2. The Bertz CT molecular complexity index is 1430. The maximum atomic E-state index is 12.9. The lowest BCUT2D eigenvalue weighted by Crippen LogP contribution is -2.46. The van der Waals surface area contributed by atoms with E-state index >= 15 is 0 Å². The zero-order valence-electron chi connectivity index (χ0n) is 21.3. The maximum absolute atomic E-state index is 12.9. The van der Waals surface area contributed by atoms with Gasteiger partial charge in [-0.2, -0.15) is 0 Å². The number of likely N-dealkylation sites (tertiary alicyclic amines) is 1. The maximum Gasteiger partial charge on any atom is 0.256 e. The van der Waals surface area contributed by atoms with Crippen LogP contribution < -0.4 is 11.1 Å². The molecule has 0 unspecified atom stereocenters. The number of nitrogens with one attached hydrogen (secondary N) is 1. The second-order valence-corrected chi connectivity index (χ2v) is 9.86. The van der Waals surface area contributed by atoms with Gasteiger partial charge in [0.15, 0.2) is 0 Å². The number of nitrogens with zero attached hydrogens (tertiary/aromatic N) is 5. The van der Waals surface area contributed by atoms with Crippen LogP contribution in [-0.2, 0) is 4.79 Å². The summed E-state index contributed by atoms with van der Waals surface area (Å²) in [6, 6.07) is 12.8. The number of rotatable bonds is 5. The Morgan fingerprint density at radius 3 is 2.54 bits per heavy atom. The smallest absolute Gasteiger partial charge is 0.256 e. The molecule has 0 saturated carbocycles. The number of carbonyl (C=O) groups is 2. The molecule has 9 nitrogen and oxygen atoms in total. The molecule has 9 heteroatoms. The molecule has 3 N–H and O–H groups in total. The van der Waals surface area contributed by atoms with Crippen LogP contribution in [0, 0.1) is 5.92 Å². The van der Waals surface area contributed by atoms with Crippen LogP contribution in [0.5, 0.6) is 0 Å². The number of aromatic nitrogens is 4. The third-order valence-electron chi connectivity index (χ3n) is 6.96. The zero-order chi connectivity index (χ0) is 26.1. The lowest BCUT2D eigenvalue weighted by molar-refractivity contribution is -0.138. The zero-order valence-corrected chi connectivity index (χ0v) is 21.3. The molecule has 1 aliphatic heterocycles. The average molecular weight is 498 g/mol. The summed E-state index contributed by atoms with van der Waals surface area (Å²) in [7, 11) is 0. The molecule has 0 spiro atoms. The van der Waals surface area contributed by atoms with Gasteiger partial charge in [-0.25, -0.2) is 15.0 Å². The third kappa shape index (κ3) is 4.76. The highest BCUT2D eigenvalue weighted by molar-refractivity contribution is 6.04. The number of pyridine rings is 1. The monoisotopic (exact) mass is 497 g/mol. The Morgan fingerprint density at radius 1 is 1.05 bits per heavy atom. The number of piperidine rings is 1. The van der Waals surface area contributed by atoms with Crippen molar-refractivity contribution in [3.8, 4) is 11.3 Å². The number of anilines is 2.